The van der Waals surface area contributed by atoms with Crippen molar-refractivity contribution in [2.45, 2.75) is 13.8 Å². The van der Waals surface area contributed by atoms with Gasteiger partial charge < -0.3 is 15.5 Å². The summed E-state index contributed by atoms with van der Waals surface area (Å²) in [6, 6.07) is 17.5. The van der Waals surface area contributed by atoms with Gasteiger partial charge in [-0.25, -0.2) is 4.98 Å². The second kappa shape index (κ2) is 7.91. The molecule has 0 spiro atoms. The largest absolute Gasteiger partial charge is 0.378 e. The highest BCUT2D eigenvalue weighted by Gasteiger charge is 2.08. The standard InChI is InChI=1S/C22H24N4O/c1-15-11-16(2)13-19(12-15)24-18-7-10-21(23-14-18)22(27)25-17-5-8-20(9-6-17)26(3)4/h5-14,24H,1-4H3,(H,25,27). The van der Waals surface area contributed by atoms with Crippen LogP contribution in [0.4, 0.5) is 22.7 Å². The third-order valence-electron chi connectivity index (χ3n) is 4.15. The number of nitrogens with zero attached hydrogens (tertiary/aromatic N) is 2. The van der Waals surface area contributed by atoms with Gasteiger partial charge in [0.25, 0.3) is 5.91 Å². The Kier molecular flexibility index (Phi) is 5.41. The number of amides is 1. The number of aromatic nitrogens is 1. The number of hydrogen-bond acceptors (Lipinski definition) is 4. The van der Waals surface area contributed by atoms with E-state index in [0.717, 1.165) is 22.7 Å². The van der Waals surface area contributed by atoms with E-state index in [9.17, 15) is 4.79 Å². The van der Waals surface area contributed by atoms with Gasteiger partial charge in [-0.15, -0.1) is 0 Å². The summed E-state index contributed by atoms with van der Waals surface area (Å²) in [6.45, 7) is 4.13. The molecule has 1 aromatic heterocycles. The van der Waals surface area contributed by atoms with Crippen molar-refractivity contribution >= 4 is 28.7 Å². The summed E-state index contributed by atoms with van der Waals surface area (Å²) in [4.78, 5) is 18.7. The second-order valence-electron chi connectivity index (χ2n) is 6.83. The Morgan fingerprint density at radius 2 is 1.48 bits per heavy atom. The molecule has 3 rings (SSSR count). The van der Waals surface area contributed by atoms with Crippen LogP contribution in [-0.2, 0) is 0 Å². The molecule has 0 aliphatic carbocycles. The number of anilines is 4. The highest BCUT2D eigenvalue weighted by Crippen LogP contribution is 2.20. The average Bonchev–Trinajstić information content (AvgIpc) is 2.62. The number of benzene rings is 2. The van der Waals surface area contributed by atoms with Gasteiger partial charge in [-0.05, 0) is 73.5 Å². The fourth-order valence-electron chi connectivity index (χ4n) is 2.85. The molecule has 0 aliphatic rings. The van der Waals surface area contributed by atoms with Crippen LogP contribution >= 0.6 is 0 Å². The Morgan fingerprint density at radius 1 is 0.852 bits per heavy atom. The van der Waals surface area contributed by atoms with Crippen LogP contribution in [-0.4, -0.2) is 25.0 Å². The van der Waals surface area contributed by atoms with Crippen molar-refractivity contribution in [3.63, 3.8) is 0 Å². The maximum Gasteiger partial charge on any atom is 0.274 e. The monoisotopic (exact) mass is 360 g/mol. The maximum atomic E-state index is 12.4. The summed E-state index contributed by atoms with van der Waals surface area (Å²) < 4.78 is 0. The third-order valence-corrected chi connectivity index (χ3v) is 4.15. The van der Waals surface area contributed by atoms with Gasteiger partial charge in [-0.3, -0.25) is 4.79 Å². The van der Waals surface area contributed by atoms with Crippen LogP contribution in [0.5, 0.6) is 0 Å². The molecule has 0 saturated carbocycles. The minimum absolute atomic E-state index is 0.231. The predicted octanol–water partition coefficient (Wildman–Crippen LogP) is 4.76. The highest BCUT2D eigenvalue weighted by atomic mass is 16.1. The van der Waals surface area contributed by atoms with E-state index in [1.807, 2.05) is 49.3 Å². The van der Waals surface area contributed by atoms with E-state index in [0.29, 0.717) is 5.69 Å². The molecule has 0 bridgehead atoms. The molecule has 0 atom stereocenters. The molecule has 2 aromatic carbocycles. The van der Waals surface area contributed by atoms with Gasteiger partial charge in [0.1, 0.15) is 5.69 Å². The van der Waals surface area contributed by atoms with Crippen LogP contribution in [0.2, 0.25) is 0 Å². The Hall–Kier alpha value is -3.34. The number of nitrogens with one attached hydrogen (secondary N) is 2. The van der Waals surface area contributed by atoms with E-state index >= 15 is 0 Å². The summed E-state index contributed by atoms with van der Waals surface area (Å²) >= 11 is 0. The molecule has 2 N–H and O–H groups in total. The fraction of sp³-hybridized carbons (Fsp3) is 0.182. The van der Waals surface area contributed by atoms with Gasteiger partial charge >= 0.3 is 0 Å². The van der Waals surface area contributed by atoms with Gasteiger partial charge in [0.15, 0.2) is 0 Å². The molecular weight excluding hydrogens is 336 g/mol. The maximum absolute atomic E-state index is 12.4. The van der Waals surface area contributed by atoms with Crippen molar-refractivity contribution in [1.82, 2.24) is 4.98 Å². The zero-order valence-corrected chi connectivity index (χ0v) is 16.1. The van der Waals surface area contributed by atoms with Gasteiger partial charge in [-0.2, -0.15) is 0 Å². The van der Waals surface area contributed by atoms with Crippen LogP contribution in [0.25, 0.3) is 0 Å². The zero-order valence-electron chi connectivity index (χ0n) is 16.1. The summed E-state index contributed by atoms with van der Waals surface area (Å²) in [5.41, 5.74) is 6.43. The molecule has 0 saturated heterocycles. The van der Waals surface area contributed by atoms with E-state index in [-0.39, 0.29) is 5.91 Å². The van der Waals surface area contributed by atoms with Crippen molar-refractivity contribution in [3.05, 3.63) is 77.6 Å². The lowest BCUT2D eigenvalue weighted by Crippen LogP contribution is -2.14. The second-order valence-corrected chi connectivity index (χ2v) is 6.83. The van der Waals surface area contributed by atoms with E-state index in [1.165, 1.54) is 11.1 Å². The molecule has 27 heavy (non-hydrogen) atoms. The first kappa shape index (κ1) is 18.5. The Bertz CT molecular complexity index is 911. The van der Waals surface area contributed by atoms with Crippen LogP contribution in [0.1, 0.15) is 21.6 Å². The predicted molar refractivity (Wildman–Crippen MR) is 112 cm³/mol. The average molecular weight is 360 g/mol. The van der Waals surface area contributed by atoms with Crippen molar-refractivity contribution in [1.29, 1.82) is 0 Å². The van der Waals surface area contributed by atoms with Crippen LogP contribution in [0.3, 0.4) is 0 Å². The van der Waals surface area contributed by atoms with Gasteiger partial charge in [0, 0.05) is 31.2 Å². The molecule has 1 heterocycles. The summed E-state index contributed by atoms with van der Waals surface area (Å²) in [5, 5.41) is 6.19. The number of rotatable bonds is 5. The van der Waals surface area contributed by atoms with E-state index < -0.39 is 0 Å². The van der Waals surface area contributed by atoms with Gasteiger partial charge in [0.05, 0.1) is 11.9 Å². The Morgan fingerprint density at radius 3 is 2.04 bits per heavy atom. The molecule has 0 fully saturated rings. The summed E-state index contributed by atoms with van der Waals surface area (Å²) in [7, 11) is 3.95. The topological polar surface area (TPSA) is 57.3 Å². The Labute approximate surface area is 160 Å². The first-order valence-corrected chi connectivity index (χ1v) is 8.81. The fourth-order valence-corrected chi connectivity index (χ4v) is 2.85. The normalized spacial score (nSPS) is 10.4. The smallest absolute Gasteiger partial charge is 0.274 e. The lowest BCUT2D eigenvalue weighted by molar-refractivity contribution is 0.102. The zero-order chi connectivity index (χ0) is 19.4. The molecular formula is C22H24N4O. The first-order valence-electron chi connectivity index (χ1n) is 8.81. The molecule has 1 amide bonds. The number of aryl methyl sites for hydroxylation is 2. The quantitative estimate of drug-likeness (QED) is 0.689. The van der Waals surface area contributed by atoms with E-state index in [1.54, 1.807) is 12.3 Å². The number of carbonyl (C=O) groups excluding carboxylic acids is 1. The molecule has 5 nitrogen and oxygen atoms in total. The van der Waals surface area contributed by atoms with Crippen molar-refractivity contribution in [3.8, 4) is 0 Å². The summed E-state index contributed by atoms with van der Waals surface area (Å²) in [6.07, 6.45) is 1.67. The van der Waals surface area contributed by atoms with Crippen LogP contribution in [0.15, 0.2) is 60.8 Å². The van der Waals surface area contributed by atoms with Gasteiger partial charge in [-0.1, -0.05) is 6.07 Å². The molecule has 0 unspecified atom stereocenters. The number of hydrogen-bond donors (Lipinski definition) is 2. The molecule has 0 aliphatic heterocycles. The van der Waals surface area contributed by atoms with Crippen molar-refractivity contribution in [2.75, 3.05) is 29.6 Å². The Balaban J connectivity index is 1.66. The SMILES string of the molecule is Cc1cc(C)cc(Nc2ccc(C(=O)Nc3ccc(N(C)C)cc3)nc2)c1. The van der Waals surface area contributed by atoms with Crippen molar-refractivity contribution < 1.29 is 4.79 Å². The number of pyridine rings is 1. The lowest BCUT2D eigenvalue weighted by atomic mass is 10.1. The van der Waals surface area contributed by atoms with Crippen LogP contribution in [0, 0.1) is 13.8 Å². The van der Waals surface area contributed by atoms with Gasteiger partial charge in [0.2, 0.25) is 0 Å². The highest BCUT2D eigenvalue weighted by molar-refractivity contribution is 6.03. The third kappa shape index (κ3) is 4.85. The molecule has 5 heteroatoms. The van der Waals surface area contributed by atoms with E-state index in [4.69, 9.17) is 0 Å². The minimum Gasteiger partial charge on any atom is -0.378 e. The first-order chi connectivity index (χ1) is 12.9. The lowest BCUT2D eigenvalue weighted by Gasteiger charge is -2.13. The molecule has 0 radical (unpaired) electrons. The molecule has 138 valence electrons. The molecule has 3 aromatic rings. The number of carbonyl (C=O) groups is 1. The minimum atomic E-state index is -0.231. The van der Waals surface area contributed by atoms with Crippen LogP contribution < -0.4 is 15.5 Å². The van der Waals surface area contributed by atoms with E-state index in [2.05, 4.69) is 47.7 Å². The van der Waals surface area contributed by atoms with Crippen molar-refractivity contribution in [2.24, 2.45) is 0 Å². The summed E-state index contributed by atoms with van der Waals surface area (Å²) in [5.74, 6) is -0.231.